The standard InChI is InChI=1S/C17H24N4O/c1-12-18-17(21(19-12)14-7-5-4-6-8-14)13-9-10-16(22)15(11-13)20(2)3/h4-8,13,15-16,22H,9-11H2,1-3H3/t13-,15+,16+/m0/s1. The molecule has 1 aliphatic rings. The molecule has 1 saturated carbocycles. The summed E-state index contributed by atoms with van der Waals surface area (Å²) in [6.07, 6.45) is 2.43. The van der Waals surface area contributed by atoms with Crippen molar-refractivity contribution in [1.29, 1.82) is 0 Å². The highest BCUT2D eigenvalue weighted by Crippen LogP contribution is 2.34. The number of benzene rings is 1. The summed E-state index contributed by atoms with van der Waals surface area (Å²) in [6, 6.07) is 10.3. The molecule has 0 saturated heterocycles. The predicted octanol–water partition coefficient (Wildman–Crippen LogP) is 2.13. The monoisotopic (exact) mass is 300 g/mol. The highest BCUT2D eigenvalue weighted by molar-refractivity contribution is 5.32. The van der Waals surface area contributed by atoms with Crippen LogP contribution in [-0.4, -0.2) is 51.0 Å². The third kappa shape index (κ3) is 2.91. The molecule has 0 unspecified atom stereocenters. The first kappa shape index (κ1) is 15.2. The van der Waals surface area contributed by atoms with E-state index in [1.165, 1.54) is 0 Å². The zero-order chi connectivity index (χ0) is 15.7. The van der Waals surface area contributed by atoms with Gasteiger partial charge in [0.2, 0.25) is 0 Å². The van der Waals surface area contributed by atoms with E-state index < -0.39 is 0 Å². The van der Waals surface area contributed by atoms with Gasteiger partial charge in [-0.1, -0.05) is 18.2 Å². The maximum absolute atomic E-state index is 10.2. The minimum atomic E-state index is -0.250. The Balaban J connectivity index is 1.92. The largest absolute Gasteiger partial charge is 0.391 e. The van der Waals surface area contributed by atoms with Crippen LogP contribution in [0.1, 0.15) is 36.8 Å². The number of para-hydroxylation sites is 1. The molecular formula is C17H24N4O. The van der Waals surface area contributed by atoms with Crippen LogP contribution in [-0.2, 0) is 0 Å². The van der Waals surface area contributed by atoms with E-state index >= 15 is 0 Å². The van der Waals surface area contributed by atoms with E-state index in [0.29, 0.717) is 5.92 Å². The highest BCUT2D eigenvalue weighted by atomic mass is 16.3. The minimum absolute atomic E-state index is 0.181. The van der Waals surface area contributed by atoms with Gasteiger partial charge in [-0.25, -0.2) is 9.67 Å². The molecule has 1 aromatic carbocycles. The number of aliphatic hydroxyl groups is 1. The van der Waals surface area contributed by atoms with Gasteiger partial charge in [0.25, 0.3) is 0 Å². The molecule has 2 aromatic rings. The van der Waals surface area contributed by atoms with Gasteiger partial charge in [-0.2, -0.15) is 5.10 Å². The molecule has 3 atom stereocenters. The highest BCUT2D eigenvalue weighted by Gasteiger charge is 2.33. The van der Waals surface area contributed by atoms with E-state index in [4.69, 9.17) is 0 Å². The van der Waals surface area contributed by atoms with E-state index in [1.807, 2.05) is 43.9 Å². The fourth-order valence-corrected chi connectivity index (χ4v) is 3.38. The number of hydrogen-bond acceptors (Lipinski definition) is 4. The van der Waals surface area contributed by atoms with E-state index in [9.17, 15) is 5.11 Å². The Hall–Kier alpha value is -1.72. The lowest BCUT2D eigenvalue weighted by molar-refractivity contribution is 0.0352. The molecule has 0 amide bonds. The van der Waals surface area contributed by atoms with Gasteiger partial charge in [0, 0.05) is 12.0 Å². The number of aromatic nitrogens is 3. The number of hydrogen-bond donors (Lipinski definition) is 1. The Morgan fingerprint density at radius 3 is 2.59 bits per heavy atom. The molecule has 22 heavy (non-hydrogen) atoms. The summed E-state index contributed by atoms with van der Waals surface area (Å²) >= 11 is 0. The molecule has 118 valence electrons. The van der Waals surface area contributed by atoms with Gasteiger partial charge < -0.3 is 10.0 Å². The van der Waals surface area contributed by atoms with E-state index in [-0.39, 0.29) is 12.1 Å². The molecule has 0 aliphatic heterocycles. The predicted molar refractivity (Wildman–Crippen MR) is 86.2 cm³/mol. The fourth-order valence-electron chi connectivity index (χ4n) is 3.38. The van der Waals surface area contributed by atoms with E-state index in [1.54, 1.807) is 0 Å². The third-order valence-electron chi connectivity index (χ3n) is 4.55. The summed E-state index contributed by atoms with van der Waals surface area (Å²) in [5.74, 6) is 2.14. The van der Waals surface area contributed by atoms with Crippen LogP contribution < -0.4 is 0 Å². The molecule has 3 rings (SSSR count). The van der Waals surface area contributed by atoms with Gasteiger partial charge in [0.15, 0.2) is 0 Å². The third-order valence-corrected chi connectivity index (χ3v) is 4.55. The minimum Gasteiger partial charge on any atom is -0.391 e. The lowest BCUT2D eigenvalue weighted by Gasteiger charge is -2.36. The van der Waals surface area contributed by atoms with Crippen molar-refractivity contribution in [2.45, 2.75) is 44.2 Å². The Kier molecular flexibility index (Phi) is 4.27. The molecule has 0 spiro atoms. The number of aliphatic hydroxyl groups excluding tert-OH is 1. The second-order valence-corrected chi connectivity index (χ2v) is 6.37. The van der Waals surface area contributed by atoms with Crippen LogP contribution in [0.3, 0.4) is 0 Å². The van der Waals surface area contributed by atoms with Crippen LogP contribution in [0.4, 0.5) is 0 Å². The van der Waals surface area contributed by atoms with Crippen molar-refractivity contribution < 1.29 is 5.11 Å². The van der Waals surface area contributed by atoms with Gasteiger partial charge in [-0.05, 0) is 52.4 Å². The second-order valence-electron chi connectivity index (χ2n) is 6.37. The SMILES string of the molecule is Cc1nc([C@H]2CC[C@@H](O)[C@H](N(C)C)C2)n(-c2ccccc2)n1. The fraction of sp³-hybridized carbons (Fsp3) is 0.529. The molecule has 1 N–H and O–H groups in total. The van der Waals surface area contributed by atoms with Gasteiger partial charge >= 0.3 is 0 Å². The van der Waals surface area contributed by atoms with E-state index in [2.05, 4.69) is 27.1 Å². The maximum atomic E-state index is 10.2. The van der Waals surface area contributed by atoms with Crippen LogP contribution in [0, 0.1) is 6.92 Å². The first-order valence-corrected chi connectivity index (χ1v) is 7.89. The van der Waals surface area contributed by atoms with Crippen LogP contribution >= 0.6 is 0 Å². The number of rotatable bonds is 3. The zero-order valence-electron chi connectivity index (χ0n) is 13.5. The number of aryl methyl sites for hydroxylation is 1. The van der Waals surface area contributed by atoms with Gasteiger partial charge in [-0.15, -0.1) is 0 Å². The normalized spacial score (nSPS) is 25.6. The van der Waals surface area contributed by atoms with Crippen LogP contribution in [0.15, 0.2) is 30.3 Å². The van der Waals surface area contributed by atoms with Crippen molar-refractivity contribution in [2.75, 3.05) is 14.1 Å². The average molecular weight is 300 g/mol. The van der Waals surface area contributed by atoms with Crippen LogP contribution in [0.5, 0.6) is 0 Å². The maximum Gasteiger partial charge on any atom is 0.148 e. The van der Waals surface area contributed by atoms with Gasteiger partial charge in [0.05, 0.1) is 11.8 Å². The van der Waals surface area contributed by atoms with Gasteiger partial charge in [-0.3, -0.25) is 0 Å². The van der Waals surface area contributed by atoms with Crippen molar-refractivity contribution in [3.05, 3.63) is 42.0 Å². The first-order chi connectivity index (χ1) is 10.6. The summed E-state index contributed by atoms with van der Waals surface area (Å²) in [7, 11) is 4.06. The van der Waals surface area contributed by atoms with E-state index in [0.717, 1.165) is 36.6 Å². The molecule has 1 aromatic heterocycles. The molecular weight excluding hydrogens is 276 g/mol. The number of likely N-dealkylation sites (N-methyl/N-ethyl adjacent to an activating group) is 1. The topological polar surface area (TPSA) is 54.2 Å². The summed E-state index contributed by atoms with van der Waals surface area (Å²) in [6.45, 7) is 1.93. The van der Waals surface area contributed by atoms with Crippen molar-refractivity contribution in [3.8, 4) is 5.69 Å². The number of nitrogens with zero attached hydrogens (tertiary/aromatic N) is 4. The van der Waals surface area contributed by atoms with Crippen LogP contribution in [0.25, 0.3) is 5.69 Å². The molecule has 1 heterocycles. The smallest absolute Gasteiger partial charge is 0.148 e. The molecule has 1 aliphatic carbocycles. The average Bonchev–Trinajstić information content (AvgIpc) is 2.90. The van der Waals surface area contributed by atoms with Gasteiger partial charge in [0.1, 0.15) is 11.6 Å². The lowest BCUT2D eigenvalue weighted by Crippen LogP contribution is -2.43. The molecule has 5 heteroatoms. The quantitative estimate of drug-likeness (QED) is 0.943. The van der Waals surface area contributed by atoms with Crippen molar-refractivity contribution in [3.63, 3.8) is 0 Å². The zero-order valence-corrected chi connectivity index (χ0v) is 13.5. The lowest BCUT2D eigenvalue weighted by atomic mass is 9.82. The van der Waals surface area contributed by atoms with Crippen molar-refractivity contribution >= 4 is 0 Å². The summed E-state index contributed by atoms with van der Waals surface area (Å²) < 4.78 is 1.96. The first-order valence-electron chi connectivity index (χ1n) is 7.89. The molecule has 0 radical (unpaired) electrons. The summed E-state index contributed by atoms with van der Waals surface area (Å²) in [4.78, 5) is 6.80. The van der Waals surface area contributed by atoms with Crippen LogP contribution in [0.2, 0.25) is 0 Å². The molecule has 0 bridgehead atoms. The Bertz CT molecular complexity index is 623. The second kappa shape index (κ2) is 6.18. The Morgan fingerprint density at radius 1 is 1.18 bits per heavy atom. The summed E-state index contributed by atoms with van der Waals surface area (Å²) in [5, 5.41) is 14.8. The van der Waals surface area contributed by atoms with Crippen molar-refractivity contribution in [2.24, 2.45) is 0 Å². The molecule has 1 fully saturated rings. The van der Waals surface area contributed by atoms with Crippen molar-refractivity contribution in [1.82, 2.24) is 19.7 Å². The molecule has 5 nitrogen and oxygen atoms in total. The Labute approximate surface area is 131 Å². The Morgan fingerprint density at radius 2 is 1.91 bits per heavy atom. The summed E-state index contributed by atoms with van der Waals surface area (Å²) in [5.41, 5.74) is 1.05.